The van der Waals surface area contributed by atoms with Gasteiger partial charge in [-0.05, 0) is 42.7 Å². The second-order valence-electron chi connectivity index (χ2n) is 5.39. The van der Waals surface area contributed by atoms with Crippen LogP contribution in [0.1, 0.15) is 10.4 Å². The van der Waals surface area contributed by atoms with Crippen molar-refractivity contribution in [2.45, 2.75) is 12.8 Å². The summed E-state index contributed by atoms with van der Waals surface area (Å²) in [5.74, 6) is 0.890. The summed E-state index contributed by atoms with van der Waals surface area (Å²) in [6, 6.07) is 14.2. The van der Waals surface area contributed by atoms with Crippen LogP contribution in [-0.2, 0) is 12.8 Å². The Hall–Kier alpha value is -1.85. The van der Waals surface area contributed by atoms with Crippen LogP contribution in [0.4, 0.5) is 10.8 Å². The van der Waals surface area contributed by atoms with Gasteiger partial charge in [-0.2, -0.15) is 0 Å². The van der Waals surface area contributed by atoms with Crippen molar-refractivity contribution in [1.82, 2.24) is 4.98 Å². The summed E-state index contributed by atoms with van der Waals surface area (Å²) < 4.78 is 6.70. The number of fused-ring (bicyclic) bond motifs is 3. The van der Waals surface area contributed by atoms with Crippen LogP contribution >= 0.6 is 27.3 Å². The van der Waals surface area contributed by atoms with Gasteiger partial charge in [0.05, 0.1) is 12.8 Å². The first-order chi connectivity index (χ1) is 11.3. The zero-order chi connectivity index (χ0) is 15.8. The Bertz CT molecular complexity index is 861. The molecule has 5 heteroatoms. The molecule has 2 aromatic carbocycles. The number of methoxy groups -OCH3 is 1. The topological polar surface area (TPSA) is 34.1 Å². The summed E-state index contributed by atoms with van der Waals surface area (Å²) in [7, 11) is 1.72. The molecule has 4 rings (SSSR count). The molecule has 1 aliphatic carbocycles. The highest BCUT2D eigenvalue weighted by atomic mass is 79.9. The number of nitrogens with one attached hydrogen (secondary N) is 1. The largest absolute Gasteiger partial charge is 0.496 e. The smallest absolute Gasteiger partial charge is 0.187 e. The maximum atomic E-state index is 5.58. The van der Waals surface area contributed by atoms with Crippen molar-refractivity contribution < 1.29 is 4.74 Å². The van der Waals surface area contributed by atoms with Crippen LogP contribution in [0.5, 0.6) is 5.75 Å². The third kappa shape index (κ3) is 2.64. The van der Waals surface area contributed by atoms with Gasteiger partial charge in [-0.15, -0.1) is 11.3 Å². The average molecular weight is 387 g/mol. The molecule has 23 heavy (non-hydrogen) atoms. The number of anilines is 2. The van der Waals surface area contributed by atoms with E-state index in [0.29, 0.717) is 0 Å². The first kappa shape index (κ1) is 14.7. The highest BCUT2D eigenvalue weighted by molar-refractivity contribution is 9.10. The quantitative estimate of drug-likeness (QED) is 0.651. The lowest BCUT2D eigenvalue weighted by Crippen LogP contribution is -2.05. The first-order valence-electron chi connectivity index (χ1n) is 7.44. The minimum atomic E-state index is 0.890. The van der Waals surface area contributed by atoms with Crippen molar-refractivity contribution in [3.05, 3.63) is 57.4 Å². The summed E-state index contributed by atoms with van der Waals surface area (Å²) in [6.45, 7) is 0. The van der Waals surface area contributed by atoms with E-state index in [1.165, 1.54) is 10.4 Å². The Morgan fingerprint density at radius 1 is 1.13 bits per heavy atom. The fourth-order valence-electron chi connectivity index (χ4n) is 2.93. The molecule has 0 aliphatic heterocycles. The molecule has 0 fully saturated rings. The van der Waals surface area contributed by atoms with E-state index in [4.69, 9.17) is 9.72 Å². The molecular weight excluding hydrogens is 372 g/mol. The third-order valence-corrected chi connectivity index (χ3v) is 5.77. The van der Waals surface area contributed by atoms with Crippen LogP contribution in [0.25, 0.3) is 11.3 Å². The highest BCUT2D eigenvalue weighted by Crippen LogP contribution is 2.45. The van der Waals surface area contributed by atoms with E-state index in [2.05, 4.69) is 27.3 Å². The molecule has 0 unspecified atom stereocenters. The van der Waals surface area contributed by atoms with Gasteiger partial charge in [-0.3, -0.25) is 0 Å². The number of ether oxygens (including phenoxy) is 1. The van der Waals surface area contributed by atoms with E-state index in [-0.39, 0.29) is 0 Å². The number of aromatic nitrogens is 1. The predicted molar refractivity (Wildman–Crippen MR) is 98.9 cm³/mol. The van der Waals surface area contributed by atoms with Crippen LogP contribution in [0.15, 0.2) is 46.9 Å². The van der Waals surface area contributed by atoms with Gasteiger partial charge in [0.2, 0.25) is 0 Å². The Morgan fingerprint density at radius 2 is 1.96 bits per heavy atom. The van der Waals surface area contributed by atoms with Crippen molar-refractivity contribution in [2.24, 2.45) is 0 Å². The summed E-state index contributed by atoms with van der Waals surface area (Å²) >= 11 is 5.39. The van der Waals surface area contributed by atoms with E-state index in [1.807, 2.05) is 36.4 Å². The van der Waals surface area contributed by atoms with Gasteiger partial charge in [0.15, 0.2) is 5.13 Å². The van der Waals surface area contributed by atoms with Gasteiger partial charge >= 0.3 is 0 Å². The van der Waals surface area contributed by atoms with E-state index in [0.717, 1.165) is 45.1 Å². The van der Waals surface area contributed by atoms with Crippen molar-refractivity contribution >= 4 is 38.1 Å². The number of nitrogens with zero attached hydrogens (tertiary/aromatic N) is 1. The summed E-state index contributed by atoms with van der Waals surface area (Å²) in [5.41, 5.74) is 4.52. The minimum absolute atomic E-state index is 0.890. The predicted octanol–water partition coefficient (Wildman–Crippen LogP) is 5.42. The van der Waals surface area contributed by atoms with Crippen molar-refractivity contribution in [3.8, 4) is 17.0 Å². The maximum absolute atomic E-state index is 5.58. The fourth-order valence-corrected chi connectivity index (χ4v) is 4.44. The van der Waals surface area contributed by atoms with Gasteiger partial charge in [0.25, 0.3) is 0 Å². The summed E-state index contributed by atoms with van der Waals surface area (Å²) in [5, 5.41) is 4.33. The fraction of sp³-hybridized carbons (Fsp3) is 0.167. The van der Waals surface area contributed by atoms with Crippen LogP contribution in [0.3, 0.4) is 0 Å². The maximum Gasteiger partial charge on any atom is 0.187 e. The molecule has 0 spiro atoms. The highest BCUT2D eigenvalue weighted by Gasteiger charge is 2.25. The molecule has 3 aromatic rings. The molecule has 1 N–H and O–H groups in total. The molecule has 1 aliphatic rings. The summed E-state index contributed by atoms with van der Waals surface area (Å²) in [6.07, 6.45) is 2.02. The Kier molecular flexibility index (Phi) is 3.83. The molecule has 1 heterocycles. The third-order valence-electron chi connectivity index (χ3n) is 4.00. The van der Waals surface area contributed by atoms with Gasteiger partial charge in [0.1, 0.15) is 5.75 Å². The van der Waals surface area contributed by atoms with Crippen LogP contribution in [-0.4, -0.2) is 12.1 Å². The van der Waals surface area contributed by atoms with Crippen molar-refractivity contribution in [2.75, 3.05) is 12.4 Å². The molecule has 0 saturated heterocycles. The second-order valence-corrected chi connectivity index (χ2v) is 7.32. The second kappa shape index (κ2) is 5.98. The van der Waals surface area contributed by atoms with Crippen LogP contribution in [0, 0.1) is 0 Å². The zero-order valence-corrected chi connectivity index (χ0v) is 15.0. The minimum Gasteiger partial charge on any atom is -0.496 e. The molecule has 1 aromatic heterocycles. The van der Waals surface area contributed by atoms with Gasteiger partial charge in [-0.1, -0.05) is 34.1 Å². The summed E-state index contributed by atoms with van der Waals surface area (Å²) in [4.78, 5) is 6.16. The number of benzene rings is 2. The number of rotatable bonds is 3. The standard InChI is InChI=1S/C18H15BrN2OS/c1-22-14-9-8-13(19)12-7-10-15-17(16(12)14)21-18(23-15)20-11-5-3-2-4-6-11/h2-6,8-9H,7,10H2,1H3,(H,20,21). The normalized spacial score (nSPS) is 12.4. The monoisotopic (exact) mass is 386 g/mol. The molecule has 116 valence electrons. The Labute approximate surface area is 147 Å². The zero-order valence-electron chi connectivity index (χ0n) is 12.6. The molecule has 0 radical (unpaired) electrons. The lowest BCUT2D eigenvalue weighted by atomic mass is 9.93. The Balaban J connectivity index is 1.78. The molecular formula is C18H15BrN2OS. The molecule has 3 nitrogen and oxygen atoms in total. The van der Waals surface area contributed by atoms with Crippen LogP contribution in [0.2, 0.25) is 0 Å². The number of hydrogen-bond acceptors (Lipinski definition) is 4. The SMILES string of the molecule is COc1ccc(Br)c2c1-c1nc(Nc3ccccc3)sc1CC2. The van der Waals surface area contributed by atoms with Gasteiger partial charge < -0.3 is 10.1 Å². The van der Waals surface area contributed by atoms with E-state index >= 15 is 0 Å². The lowest BCUT2D eigenvalue weighted by molar-refractivity contribution is 0.415. The van der Waals surface area contributed by atoms with E-state index in [9.17, 15) is 0 Å². The average Bonchev–Trinajstić information content (AvgIpc) is 2.99. The number of para-hydroxylation sites is 1. The number of aryl methyl sites for hydroxylation is 1. The van der Waals surface area contributed by atoms with Gasteiger partial charge in [0, 0.05) is 20.6 Å². The lowest BCUT2D eigenvalue weighted by Gasteiger charge is -2.19. The Morgan fingerprint density at radius 3 is 2.74 bits per heavy atom. The van der Waals surface area contributed by atoms with E-state index in [1.54, 1.807) is 18.4 Å². The van der Waals surface area contributed by atoms with Gasteiger partial charge in [-0.25, -0.2) is 4.98 Å². The molecule has 0 amide bonds. The van der Waals surface area contributed by atoms with Crippen molar-refractivity contribution in [1.29, 1.82) is 0 Å². The van der Waals surface area contributed by atoms with Crippen LogP contribution < -0.4 is 10.1 Å². The molecule has 0 atom stereocenters. The number of halogens is 1. The molecule has 0 saturated carbocycles. The number of hydrogen-bond donors (Lipinski definition) is 1. The van der Waals surface area contributed by atoms with E-state index < -0.39 is 0 Å². The first-order valence-corrected chi connectivity index (χ1v) is 9.04. The van der Waals surface area contributed by atoms with Crippen molar-refractivity contribution in [3.63, 3.8) is 0 Å². The number of thiazole rings is 1. The molecule has 0 bridgehead atoms.